The van der Waals surface area contributed by atoms with Crippen LogP contribution >= 0.6 is 0 Å². The minimum absolute atomic E-state index is 0.192. The van der Waals surface area contributed by atoms with E-state index in [4.69, 9.17) is 9.47 Å². The van der Waals surface area contributed by atoms with Gasteiger partial charge in [-0.1, -0.05) is 13.0 Å². The lowest BCUT2D eigenvalue weighted by Crippen LogP contribution is -2.51. The molecule has 2 heterocycles. The number of piperidine rings is 1. The molecular weight excluding hydrogens is 218 g/mol. The molecule has 0 aromatic heterocycles. The zero-order chi connectivity index (χ0) is 12.1. The highest BCUT2D eigenvalue weighted by Gasteiger charge is 2.32. The number of hydrogen-bond donors (Lipinski definition) is 0. The fourth-order valence-electron chi connectivity index (χ4n) is 2.33. The number of carbonyl (C=O) groups excluding carboxylic acids is 1. The van der Waals surface area contributed by atoms with E-state index in [9.17, 15) is 4.79 Å². The maximum atomic E-state index is 11.1. The molecule has 0 unspecified atom stereocenters. The molecule has 2 aliphatic heterocycles. The first kappa shape index (κ1) is 12.7. The number of allylic oxidation sites excluding steroid dienone is 1. The summed E-state index contributed by atoms with van der Waals surface area (Å²) in [6.45, 7) is 6.08. The van der Waals surface area contributed by atoms with Crippen molar-refractivity contribution in [3.05, 3.63) is 12.2 Å². The van der Waals surface area contributed by atoms with E-state index in [1.165, 1.54) is 0 Å². The fourth-order valence-corrected chi connectivity index (χ4v) is 2.33. The predicted octanol–water partition coefficient (Wildman–Crippen LogP) is 1.01. The van der Waals surface area contributed by atoms with Crippen LogP contribution in [0.4, 0.5) is 0 Å². The Kier molecular flexibility index (Phi) is 4.71. The summed E-state index contributed by atoms with van der Waals surface area (Å²) < 4.78 is 11.4. The Labute approximate surface area is 103 Å². The number of ketones is 1. The van der Waals surface area contributed by atoms with Gasteiger partial charge < -0.3 is 9.47 Å². The Morgan fingerprint density at radius 3 is 2.88 bits per heavy atom. The van der Waals surface area contributed by atoms with Crippen LogP contribution < -0.4 is 0 Å². The Bertz CT molecular complexity index is 290. The van der Waals surface area contributed by atoms with E-state index < -0.39 is 0 Å². The summed E-state index contributed by atoms with van der Waals surface area (Å²) in [7, 11) is 0. The lowest BCUT2D eigenvalue weighted by Gasteiger charge is -2.40. The molecule has 0 aromatic carbocycles. The van der Waals surface area contributed by atoms with Crippen molar-refractivity contribution in [3.63, 3.8) is 0 Å². The Hall–Kier alpha value is -0.710. The molecule has 0 N–H and O–H groups in total. The van der Waals surface area contributed by atoms with Gasteiger partial charge in [0.25, 0.3) is 0 Å². The highest BCUT2D eigenvalue weighted by atomic mass is 16.6. The van der Waals surface area contributed by atoms with E-state index in [1.807, 2.05) is 13.0 Å². The maximum absolute atomic E-state index is 11.1. The molecule has 0 saturated carbocycles. The lowest BCUT2D eigenvalue weighted by atomic mass is 10.0. The molecule has 96 valence electrons. The van der Waals surface area contributed by atoms with Crippen molar-refractivity contribution in [1.29, 1.82) is 0 Å². The zero-order valence-electron chi connectivity index (χ0n) is 10.4. The monoisotopic (exact) mass is 239 g/mol. The third-order valence-corrected chi connectivity index (χ3v) is 3.35. The number of carbonyl (C=O) groups is 1. The fraction of sp³-hybridized carbons (Fsp3) is 0.769. The van der Waals surface area contributed by atoms with Crippen LogP contribution in [0.25, 0.3) is 0 Å². The maximum Gasteiger partial charge on any atom is 0.155 e. The molecule has 0 aliphatic carbocycles. The number of fused-ring (bicyclic) bond motifs is 1. The summed E-state index contributed by atoms with van der Waals surface area (Å²) in [6.07, 6.45) is 5.74. The first-order valence-electron chi connectivity index (χ1n) is 6.44. The van der Waals surface area contributed by atoms with Crippen molar-refractivity contribution >= 4 is 5.78 Å². The quantitative estimate of drug-likeness (QED) is 0.686. The van der Waals surface area contributed by atoms with Gasteiger partial charge in [-0.05, 0) is 12.5 Å². The molecule has 4 nitrogen and oxygen atoms in total. The minimum Gasteiger partial charge on any atom is -0.373 e. The molecule has 0 bridgehead atoms. The van der Waals surface area contributed by atoms with E-state index in [0.29, 0.717) is 13.0 Å². The molecular formula is C13H21NO3. The van der Waals surface area contributed by atoms with Crippen molar-refractivity contribution in [1.82, 2.24) is 4.90 Å². The van der Waals surface area contributed by atoms with Gasteiger partial charge in [-0.15, -0.1) is 0 Å². The second-order valence-electron chi connectivity index (χ2n) is 4.59. The normalized spacial score (nSPS) is 30.4. The number of likely N-dealkylation sites (tertiary alicyclic amines) is 1. The van der Waals surface area contributed by atoms with Crippen LogP contribution in [0.3, 0.4) is 0 Å². The molecule has 2 aliphatic rings. The summed E-state index contributed by atoms with van der Waals surface area (Å²) >= 11 is 0. The van der Waals surface area contributed by atoms with Crippen molar-refractivity contribution in [2.24, 2.45) is 0 Å². The molecule has 2 atom stereocenters. The zero-order valence-corrected chi connectivity index (χ0v) is 10.4. The number of rotatable bonds is 4. The highest BCUT2D eigenvalue weighted by Crippen LogP contribution is 2.20. The average Bonchev–Trinajstić information content (AvgIpc) is 2.38. The summed E-state index contributed by atoms with van der Waals surface area (Å²) in [6, 6.07) is 0. The van der Waals surface area contributed by atoms with Gasteiger partial charge >= 0.3 is 0 Å². The van der Waals surface area contributed by atoms with Crippen molar-refractivity contribution in [3.8, 4) is 0 Å². The van der Waals surface area contributed by atoms with Crippen LogP contribution in [0, 0.1) is 0 Å². The Morgan fingerprint density at radius 1 is 1.35 bits per heavy atom. The van der Waals surface area contributed by atoms with Crippen LogP contribution in [0.5, 0.6) is 0 Å². The van der Waals surface area contributed by atoms with Crippen molar-refractivity contribution < 1.29 is 14.3 Å². The van der Waals surface area contributed by atoms with Crippen LogP contribution in [0.15, 0.2) is 12.2 Å². The summed E-state index contributed by atoms with van der Waals surface area (Å²) in [4.78, 5) is 13.4. The SMILES string of the molecule is CCC(=O)/C=C/CN1CC[C@H]2OCCO[C@H]2C1. The van der Waals surface area contributed by atoms with Gasteiger partial charge in [0, 0.05) is 26.1 Å². The van der Waals surface area contributed by atoms with E-state index in [1.54, 1.807) is 6.08 Å². The molecule has 2 fully saturated rings. The third-order valence-electron chi connectivity index (χ3n) is 3.35. The van der Waals surface area contributed by atoms with Crippen LogP contribution in [0.1, 0.15) is 19.8 Å². The summed E-state index contributed by atoms with van der Waals surface area (Å²) in [5, 5.41) is 0. The first-order chi connectivity index (χ1) is 8.29. The number of nitrogens with zero attached hydrogens (tertiary/aromatic N) is 1. The van der Waals surface area contributed by atoms with E-state index in [0.717, 1.165) is 32.7 Å². The van der Waals surface area contributed by atoms with Crippen molar-refractivity contribution in [2.75, 3.05) is 32.8 Å². The second kappa shape index (κ2) is 6.28. The topological polar surface area (TPSA) is 38.8 Å². The summed E-state index contributed by atoms with van der Waals surface area (Å²) in [5.74, 6) is 0.192. The first-order valence-corrected chi connectivity index (χ1v) is 6.44. The van der Waals surface area contributed by atoms with E-state index in [2.05, 4.69) is 4.90 Å². The Balaban J connectivity index is 1.76. The van der Waals surface area contributed by atoms with Crippen LogP contribution in [0.2, 0.25) is 0 Å². The molecule has 0 amide bonds. The molecule has 2 saturated heterocycles. The number of hydrogen-bond acceptors (Lipinski definition) is 4. The molecule has 4 heteroatoms. The van der Waals surface area contributed by atoms with Gasteiger partial charge in [-0.25, -0.2) is 0 Å². The molecule has 0 aromatic rings. The van der Waals surface area contributed by atoms with Crippen molar-refractivity contribution in [2.45, 2.75) is 32.0 Å². The predicted molar refractivity (Wildman–Crippen MR) is 65.0 cm³/mol. The Morgan fingerprint density at radius 2 is 2.12 bits per heavy atom. The van der Waals surface area contributed by atoms with Crippen LogP contribution in [-0.4, -0.2) is 55.7 Å². The molecule has 0 spiro atoms. The van der Waals surface area contributed by atoms with E-state index >= 15 is 0 Å². The lowest BCUT2D eigenvalue weighted by molar-refractivity contribution is -0.163. The molecule has 2 rings (SSSR count). The van der Waals surface area contributed by atoms with Gasteiger partial charge in [0.05, 0.1) is 25.4 Å². The van der Waals surface area contributed by atoms with Gasteiger partial charge in [-0.2, -0.15) is 0 Å². The van der Waals surface area contributed by atoms with Gasteiger partial charge in [0.2, 0.25) is 0 Å². The van der Waals surface area contributed by atoms with Gasteiger partial charge in [0.1, 0.15) is 0 Å². The van der Waals surface area contributed by atoms with Gasteiger partial charge in [0.15, 0.2) is 5.78 Å². The highest BCUT2D eigenvalue weighted by molar-refractivity contribution is 5.89. The molecule has 0 radical (unpaired) electrons. The third kappa shape index (κ3) is 3.63. The summed E-state index contributed by atoms with van der Waals surface area (Å²) in [5.41, 5.74) is 0. The standard InChI is InChI=1S/C13H21NO3/c1-2-11(15)4-3-6-14-7-5-12-13(10-14)17-9-8-16-12/h3-4,12-13H,2,5-10H2,1H3/b4-3+/t12-,13+/m1/s1. The minimum atomic E-state index is 0.192. The second-order valence-corrected chi connectivity index (χ2v) is 4.59. The van der Waals surface area contributed by atoms with E-state index in [-0.39, 0.29) is 18.0 Å². The van der Waals surface area contributed by atoms with Gasteiger partial charge in [-0.3, -0.25) is 9.69 Å². The molecule has 17 heavy (non-hydrogen) atoms. The number of ether oxygens (including phenoxy) is 2. The van der Waals surface area contributed by atoms with Crippen LogP contribution in [-0.2, 0) is 14.3 Å². The smallest absolute Gasteiger partial charge is 0.155 e. The average molecular weight is 239 g/mol. The largest absolute Gasteiger partial charge is 0.373 e.